The zero-order valence-corrected chi connectivity index (χ0v) is 19.4. The second-order valence-corrected chi connectivity index (χ2v) is 9.37. The first kappa shape index (κ1) is 21.7. The lowest BCUT2D eigenvalue weighted by Gasteiger charge is -2.12. The average molecular weight is 515 g/mol. The number of halogens is 2. The Kier molecular flexibility index (Phi) is 6.51. The normalized spacial score (nSPS) is 15.2. The standard InChI is InChI=1S/C24H17BrClNO3S/c25-19-8-5-15(6-9-19)14-27-23(29)22(31-24(27)30)13-18-12-16(7-10-21(18)28)11-17-3-1-2-4-20(17)26/h1-10,12-13,28H,11,14H2/b22-13-. The Hall–Kier alpha value is -2.54. The Morgan fingerprint density at radius 1 is 1.00 bits per heavy atom. The zero-order chi connectivity index (χ0) is 22.0. The Morgan fingerprint density at radius 2 is 1.71 bits per heavy atom. The van der Waals surface area contributed by atoms with Crippen LogP contribution in [0.4, 0.5) is 4.79 Å². The lowest BCUT2D eigenvalue weighted by atomic mass is 10.0. The number of hydrogen-bond donors (Lipinski definition) is 1. The highest BCUT2D eigenvalue weighted by atomic mass is 79.9. The van der Waals surface area contributed by atoms with E-state index in [-0.39, 0.29) is 28.3 Å². The molecule has 4 rings (SSSR count). The third-order valence-electron chi connectivity index (χ3n) is 4.86. The fourth-order valence-corrected chi connectivity index (χ4v) is 4.54. The number of amides is 2. The molecular formula is C24H17BrClNO3S. The molecule has 0 spiro atoms. The largest absolute Gasteiger partial charge is 0.507 e. The Bertz CT molecular complexity index is 1190. The predicted molar refractivity (Wildman–Crippen MR) is 128 cm³/mol. The molecule has 0 atom stereocenters. The van der Waals surface area contributed by atoms with Gasteiger partial charge in [-0.05, 0) is 71.3 Å². The van der Waals surface area contributed by atoms with Crippen molar-refractivity contribution in [2.45, 2.75) is 13.0 Å². The van der Waals surface area contributed by atoms with Gasteiger partial charge in [-0.25, -0.2) is 0 Å². The quantitative estimate of drug-likeness (QED) is 0.388. The first-order chi connectivity index (χ1) is 14.9. The molecule has 1 N–H and O–H groups in total. The summed E-state index contributed by atoms with van der Waals surface area (Å²) < 4.78 is 0.928. The molecule has 2 amide bonds. The third-order valence-corrected chi connectivity index (χ3v) is 6.66. The van der Waals surface area contributed by atoms with E-state index in [0.717, 1.165) is 32.9 Å². The molecule has 0 bridgehead atoms. The van der Waals surface area contributed by atoms with Crippen LogP contribution in [-0.2, 0) is 17.8 Å². The van der Waals surface area contributed by atoms with Crippen LogP contribution in [0.15, 0.2) is 76.1 Å². The van der Waals surface area contributed by atoms with Gasteiger partial charge in [-0.3, -0.25) is 14.5 Å². The van der Waals surface area contributed by atoms with Crippen LogP contribution in [0, 0.1) is 0 Å². The van der Waals surface area contributed by atoms with Gasteiger partial charge in [0.2, 0.25) is 0 Å². The van der Waals surface area contributed by atoms with Crippen molar-refractivity contribution >= 4 is 56.5 Å². The maximum atomic E-state index is 12.8. The van der Waals surface area contributed by atoms with E-state index in [9.17, 15) is 14.7 Å². The minimum atomic E-state index is -0.367. The summed E-state index contributed by atoms with van der Waals surface area (Å²) in [5, 5.41) is 10.6. The van der Waals surface area contributed by atoms with Gasteiger partial charge >= 0.3 is 0 Å². The number of aromatic hydroxyl groups is 1. The molecule has 3 aromatic carbocycles. The van der Waals surface area contributed by atoms with E-state index in [0.29, 0.717) is 17.0 Å². The van der Waals surface area contributed by atoms with Crippen LogP contribution in [-0.4, -0.2) is 21.2 Å². The van der Waals surface area contributed by atoms with E-state index < -0.39 is 0 Å². The Balaban J connectivity index is 1.56. The van der Waals surface area contributed by atoms with Gasteiger partial charge in [0.1, 0.15) is 5.75 Å². The molecule has 4 nitrogen and oxygen atoms in total. The lowest BCUT2D eigenvalue weighted by Crippen LogP contribution is -2.27. The summed E-state index contributed by atoms with van der Waals surface area (Å²) in [7, 11) is 0. The number of carbonyl (C=O) groups is 2. The molecule has 1 heterocycles. The third kappa shape index (κ3) is 5.03. The van der Waals surface area contributed by atoms with Crippen molar-refractivity contribution in [3.05, 3.63) is 103 Å². The summed E-state index contributed by atoms with van der Waals surface area (Å²) in [6.07, 6.45) is 2.16. The first-order valence-corrected chi connectivity index (χ1v) is 11.4. The smallest absolute Gasteiger partial charge is 0.293 e. The molecule has 0 saturated carbocycles. The highest BCUT2D eigenvalue weighted by Gasteiger charge is 2.35. The molecule has 156 valence electrons. The lowest BCUT2D eigenvalue weighted by molar-refractivity contribution is -0.123. The summed E-state index contributed by atoms with van der Waals surface area (Å²) in [6.45, 7) is 0.202. The van der Waals surface area contributed by atoms with Crippen molar-refractivity contribution in [1.29, 1.82) is 0 Å². The van der Waals surface area contributed by atoms with Crippen LogP contribution in [0.5, 0.6) is 5.75 Å². The molecule has 1 aliphatic rings. The summed E-state index contributed by atoms with van der Waals surface area (Å²) in [5.41, 5.74) is 3.25. The first-order valence-electron chi connectivity index (χ1n) is 9.46. The Morgan fingerprint density at radius 3 is 2.45 bits per heavy atom. The fraction of sp³-hybridized carbons (Fsp3) is 0.0833. The molecule has 3 aromatic rings. The number of phenols is 1. The van der Waals surface area contributed by atoms with Crippen LogP contribution in [0.1, 0.15) is 22.3 Å². The number of carbonyl (C=O) groups excluding carboxylic acids is 2. The van der Waals surface area contributed by atoms with E-state index in [1.807, 2.05) is 54.6 Å². The predicted octanol–water partition coefficient (Wildman–Crippen LogP) is 6.64. The van der Waals surface area contributed by atoms with Gasteiger partial charge in [-0.2, -0.15) is 0 Å². The molecule has 1 fully saturated rings. The van der Waals surface area contributed by atoms with Crippen molar-refractivity contribution in [1.82, 2.24) is 4.90 Å². The van der Waals surface area contributed by atoms with Crippen LogP contribution in [0.3, 0.4) is 0 Å². The van der Waals surface area contributed by atoms with E-state index in [4.69, 9.17) is 11.6 Å². The van der Waals surface area contributed by atoms with Gasteiger partial charge in [0.15, 0.2) is 0 Å². The van der Waals surface area contributed by atoms with Gasteiger partial charge in [0, 0.05) is 15.1 Å². The van der Waals surface area contributed by atoms with Gasteiger partial charge in [-0.15, -0.1) is 0 Å². The molecule has 0 unspecified atom stereocenters. The van der Waals surface area contributed by atoms with E-state index in [1.165, 1.54) is 4.90 Å². The molecule has 31 heavy (non-hydrogen) atoms. The van der Waals surface area contributed by atoms with Crippen molar-refractivity contribution in [2.24, 2.45) is 0 Å². The second kappa shape index (κ2) is 9.30. The summed E-state index contributed by atoms with van der Waals surface area (Å²) in [6, 6.07) is 20.2. The number of benzene rings is 3. The molecule has 1 saturated heterocycles. The molecule has 1 aliphatic heterocycles. The second-order valence-electron chi connectivity index (χ2n) is 7.06. The van der Waals surface area contributed by atoms with E-state index >= 15 is 0 Å². The average Bonchev–Trinajstić information content (AvgIpc) is 3.01. The van der Waals surface area contributed by atoms with Crippen LogP contribution in [0.25, 0.3) is 6.08 Å². The van der Waals surface area contributed by atoms with Crippen LogP contribution < -0.4 is 0 Å². The van der Waals surface area contributed by atoms with Crippen molar-refractivity contribution in [3.63, 3.8) is 0 Å². The van der Waals surface area contributed by atoms with Gasteiger partial charge in [0.05, 0.1) is 11.4 Å². The van der Waals surface area contributed by atoms with Crippen LogP contribution in [0.2, 0.25) is 5.02 Å². The number of hydrogen-bond acceptors (Lipinski definition) is 4. The maximum absolute atomic E-state index is 12.8. The number of nitrogens with zero attached hydrogens (tertiary/aromatic N) is 1. The topological polar surface area (TPSA) is 57.6 Å². The minimum Gasteiger partial charge on any atom is -0.507 e. The minimum absolute atomic E-state index is 0.0441. The monoisotopic (exact) mass is 513 g/mol. The fourth-order valence-electron chi connectivity index (χ4n) is 3.24. The summed E-state index contributed by atoms with van der Waals surface area (Å²) in [5.74, 6) is -0.323. The highest BCUT2D eigenvalue weighted by Crippen LogP contribution is 2.35. The van der Waals surface area contributed by atoms with Crippen molar-refractivity contribution in [3.8, 4) is 5.75 Å². The SMILES string of the molecule is O=C1S/C(=C\c2cc(Cc3ccccc3Cl)ccc2O)C(=O)N1Cc1ccc(Br)cc1. The molecule has 0 aliphatic carbocycles. The molecule has 0 aromatic heterocycles. The van der Waals surface area contributed by atoms with Crippen molar-refractivity contribution < 1.29 is 14.7 Å². The van der Waals surface area contributed by atoms with E-state index in [2.05, 4.69) is 15.9 Å². The maximum Gasteiger partial charge on any atom is 0.293 e. The number of thioether (sulfide) groups is 1. The number of phenolic OH excluding ortho intramolecular Hbond substituents is 1. The number of rotatable bonds is 5. The molecule has 0 radical (unpaired) electrons. The van der Waals surface area contributed by atoms with Gasteiger partial charge < -0.3 is 5.11 Å². The molecular weight excluding hydrogens is 498 g/mol. The van der Waals surface area contributed by atoms with Crippen molar-refractivity contribution in [2.75, 3.05) is 0 Å². The van der Waals surface area contributed by atoms with E-state index in [1.54, 1.807) is 18.2 Å². The Labute approximate surface area is 197 Å². The number of imide groups is 1. The highest BCUT2D eigenvalue weighted by molar-refractivity contribution is 9.10. The van der Waals surface area contributed by atoms with Crippen LogP contribution >= 0.6 is 39.3 Å². The summed E-state index contributed by atoms with van der Waals surface area (Å²) in [4.78, 5) is 26.8. The zero-order valence-electron chi connectivity index (χ0n) is 16.2. The van der Waals surface area contributed by atoms with Gasteiger partial charge in [-0.1, -0.05) is 63.9 Å². The summed E-state index contributed by atoms with van der Waals surface area (Å²) >= 11 is 10.5. The van der Waals surface area contributed by atoms with Gasteiger partial charge in [0.25, 0.3) is 11.1 Å². The molecule has 7 heteroatoms.